The molecule has 2 heterocycles. The van der Waals surface area contributed by atoms with Crippen LogP contribution >= 0.6 is 0 Å². The van der Waals surface area contributed by atoms with Gasteiger partial charge in [-0.15, -0.1) is 0 Å². The molecule has 0 saturated heterocycles. The molecular weight excluding hydrogens is 220 g/mol. The first kappa shape index (κ1) is 9.84. The van der Waals surface area contributed by atoms with Crippen LogP contribution in [0.4, 0.5) is 0 Å². The highest BCUT2D eigenvalue weighted by atomic mass is 16.5. The zero-order chi connectivity index (χ0) is 11.8. The van der Waals surface area contributed by atoms with E-state index >= 15 is 0 Å². The van der Waals surface area contributed by atoms with E-state index < -0.39 is 5.63 Å². The van der Waals surface area contributed by atoms with E-state index in [0.717, 1.165) is 11.7 Å². The monoisotopic (exact) mass is 228 g/mol. The Labute approximate surface area is 96.1 Å². The van der Waals surface area contributed by atoms with Gasteiger partial charge in [-0.2, -0.15) is 0 Å². The van der Waals surface area contributed by atoms with Crippen LogP contribution < -0.4 is 10.4 Å². The lowest BCUT2D eigenvalue weighted by molar-refractivity contribution is -0.105. The maximum atomic E-state index is 11.2. The fraction of sp³-hybridized carbons (Fsp3) is 0.0769. The van der Waals surface area contributed by atoms with Crippen LogP contribution in [0.5, 0.6) is 5.75 Å². The largest absolute Gasteiger partial charge is 0.488 e. The molecule has 0 atom stereocenters. The fourth-order valence-electron chi connectivity index (χ4n) is 1.85. The minimum absolute atomic E-state index is 0.249. The summed E-state index contributed by atoms with van der Waals surface area (Å²) in [6.07, 6.45) is 2.43. The lowest BCUT2D eigenvalue weighted by atomic mass is 10.1. The Morgan fingerprint density at radius 3 is 2.82 bits per heavy atom. The van der Waals surface area contributed by atoms with E-state index in [9.17, 15) is 9.59 Å². The molecule has 0 radical (unpaired) electrons. The Morgan fingerprint density at radius 2 is 2.00 bits per heavy atom. The zero-order valence-corrected chi connectivity index (χ0v) is 8.80. The lowest BCUT2D eigenvalue weighted by Crippen LogP contribution is -2.08. The summed E-state index contributed by atoms with van der Waals surface area (Å²) in [5.41, 5.74) is 1.21. The van der Waals surface area contributed by atoms with Crippen LogP contribution in [0, 0.1) is 0 Å². The predicted molar refractivity (Wildman–Crippen MR) is 62.0 cm³/mol. The van der Waals surface area contributed by atoms with Gasteiger partial charge in [0.2, 0.25) is 0 Å². The molecule has 2 aromatic rings. The van der Waals surface area contributed by atoms with Crippen molar-refractivity contribution < 1.29 is 13.9 Å². The number of benzene rings is 1. The van der Waals surface area contributed by atoms with E-state index in [1.807, 2.05) is 6.07 Å². The van der Waals surface area contributed by atoms with E-state index in [-0.39, 0.29) is 6.61 Å². The molecule has 1 aliphatic heterocycles. The van der Waals surface area contributed by atoms with Gasteiger partial charge in [-0.3, -0.25) is 4.79 Å². The molecule has 3 rings (SSSR count). The summed E-state index contributed by atoms with van der Waals surface area (Å²) in [7, 11) is 0. The number of hydrogen-bond donors (Lipinski definition) is 0. The summed E-state index contributed by atoms with van der Waals surface area (Å²) >= 11 is 0. The van der Waals surface area contributed by atoms with Crippen LogP contribution in [0.1, 0.15) is 5.56 Å². The number of rotatable bonds is 1. The molecule has 0 N–H and O–H groups in total. The molecule has 1 aliphatic rings. The van der Waals surface area contributed by atoms with Gasteiger partial charge in [-0.1, -0.05) is 0 Å². The molecule has 0 bridgehead atoms. The highest BCUT2D eigenvalue weighted by Gasteiger charge is 2.15. The second-order valence-corrected chi connectivity index (χ2v) is 3.78. The molecule has 0 fully saturated rings. The standard InChI is InChI=1S/C13H8O4/c14-6-8-5-10-11(16-7-8)3-1-9-2-4-12(15)17-13(9)10/h1-6H,7H2. The highest BCUT2D eigenvalue weighted by molar-refractivity contribution is 5.93. The first-order valence-electron chi connectivity index (χ1n) is 5.13. The average Bonchev–Trinajstić information content (AvgIpc) is 2.38. The summed E-state index contributed by atoms with van der Waals surface area (Å²) in [4.78, 5) is 22.0. The predicted octanol–water partition coefficient (Wildman–Crippen LogP) is 1.77. The van der Waals surface area contributed by atoms with E-state index in [1.165, 1.54) is 6.07 Å². The van der Waals surface area contributed by atoms with Gasteiger partial charge >= 0.3 is 5.63 Å². The third-order valence-corrected chi connectivity index (χ3v) is 2.66. The van der Waals surface area contributed by atoms with Crippen molar-refractivity contribution in [3.63, 3.8) is 0 Å². The number of fused-ring (bicyclic) bond motifs is 3. The van der Waals surface area contributed by atoms with Gasteiger partial charge in [0, 0.05) is 17.0 Å². The third kappa shape index (κ3) is 1.54. The molecule has 4 heteroatoms. The lowest BCUT2D eigenvalue weighted by Gasteiger charge is -2.15. The van der Waals surface area contributed by atoms with Gasteiger partial charge < -0.3 is 9.15 Å². The molecule has 4 nitrogen and oxygen atoms in total. The van der Waals surface area contributed by atoms with Crippen LogP contribution in [-0.2, 0) is 4.79 Å². The van der Waals surface area contributed by atoms with Gasteiger partial charge in [0.05, 0.1) is 5.56 Å². The summed E-state index contributed by atoms with van der Waals surface area (Å²) in [5, 5.41) is 0.801. The maximum Gasteiger partial charge on any atom is 0.336 e. The summed E-state index contributed by atoms with van der Waals surface area (Å²) in [6.45, 7) is 0.249. The Morgan fingerprint density at radius 1 is 1.18 bits per heavy atom. The van der Waals surface area contributed by atoms with Crippen molar-refractivity contribution in [1.82, 2.24) is 0 Å². The van der Waals surface area contributed by atoms with Crippen molar-refractivity contribution in [1.29, 1.82) is 0 Å². The summed E-state index contributed by atoms with van der Waals surface area (Å²) in [6, 6.07) is 6.67. The van der Waals surface area contributed by atoms with Crippen LogP contribution in [-0.4, -0.2) is 12.9 Å². The van der Waals surface area contributed by atoms with Crippen molar-refractivity contribution in [3.8, 4) is 5.75 Å². The molecule has 0 aliphatic carbocycles. The first-order chi connectivity index (χ1) is 8.28. The molecule has 0 saturated carbocycles. The van der Waals surface area contributed by atoms with E-state index in [4.69, 9.17) is 9.15 Å². The van der Waals surface area contributed by atoms with Crippen LogP contribution in [0.15, 0.2) is 39.1 Å². The molecular formula is C13H8O4. The summed E-state index contributed by atoms with van der Waals surface area (Å²) < 4.78 is 10.6. The van der Waals surface area contributed by atoms with Crippen LogP contribution in [0.25, 0.3) is 17.0 Å². The topological polar surface area (TPSA) is 56.5 Å². The molecule has 1 aromatic heterocycles. The van der Waals surface area contributed by atoms with E-state index in [1.54, 1.807) is 18.2 Å². The SMILES string of the molecule is O=CC1=Cc2c(ccc3ccc(=O)oc23)OC1. The fourth-order valence-corrected chi connectivity index (χ4v) is 1.85. The zero-order valence-electron chi connectivity index (χ0n) is 8.80. The van der Waals surface area contributed by atoms with Crippen molar-refractivity contribution in [2.24, 2.45) is 0 Å². The molecule has 84 valence electrons. The molecule has 17 heavy (non-hydrogen) atoms. The van der Waals surface area contributed by atoms with Crippen molar-refractivity contribution in [2.75, 3.05) is 6.61 Å². The first-order valence-corrected chi connectivity index (χ1v) is 5.13. The highest BCUT2D eigenvalue weighted by Crippen LogP contribution is 2.32. The van der Waals surface area contributed by atoms with Gasteiger partial charge in [-0.05, 0) is 24.3 Å². The Balaban J connectivity index is 2.39. The average molecular weight is 228 g/mol. The molecule has 0 spiro atoms. The smallest absolute Gasteiger partial charge is 0.336 e. The van der Waals surface area contributed by atoms with Crippen molar-refractivity contribution >= 4 is 23.3 Å². The Kier molecular flexibility index (Phi) is 2.08. The van der Waals surface area contributed by atoms with Crippen molar-refractivity contribution in [2.45, 2.75) is 0 Å². The second kappa shape index (κ2) is 3.59. The van der Waals surface area contributed by atoms with E-state index in [2.05, 4.69) is 0 Å². The molecule has 0 amide bonds. The Bertz CT molecular complexity index is 694. The number of hydrogen-bond acceptors (Lipinski definition) is 4. The number of carbonyl (C=O) groups is 1. The summed E-state index contributed by atoms with van der Waals surface area (Å²) in [5.74, 6) is 0.623. The van der Waals surface area contributed by atoms with Gasteiger partial charge in [0.15, 0.2) is 0 Å². The minimum Gasteiger partial charge on any atom is -0.488 e. The van der Waals surface area contributed by atoms with Crippen molar-refractivity contribution in [3.05, 3.63) is 45.8 Å². The quantitative estimate of drug-likeness (QED) is 0.551. The number of ether oxygens (including phenoxy) is 1. The Hall–Kier alpha value is -2.36. The number of carbonyl (C=O) groups excluding carboxylic acids is 1. The van der Waals surface area contributed by atoms with Gasteiger partial charge in [-0.25, -0.2) is 4.79 Å². The van der Waals surface area contributed by atoms with Crippen LogP contribution in [0.2, 0.25) is 0 Å². The number of aldehydes is 1. The third-order valence-electron chi connectivity index (χ3n) is 2.66. The van der Waals surface area contributed by atoms with E-state index in [0.29, 0.717) is 22.5 Å². The van der Waals surface area contributed by atoms with Gasteiger partial charge in [0.1, 0.15) is 24.2 Å². The minimum atomic E-state index is -0.419. The second-order valence-electron chi connectivity index (χ2n) is 3.78. The maximum absolute atomic E-state index is 11.2. The normalized spacial score (nSPS) is 13.8. The van der Waals surface area contributed by atoms with Gasteiger partial charge in [0.25, 0.3) is 0 Å². The molecule has 0 unspecified atom stereocenters. The van der Waals surface area contributed by atoms with Crippen LogP contribution in [0.3, 0.4) is 0 Å². The molecule has 1 aromatic carbocycles.